The van der Waals surface area contributed by atoms with E-state index in [0.717, 1.165) is 32.2 Å². The summed E-state index contributed by atoms with van der Waals surface area (Å²) in [5.74, 6) is 0.757. The molecule has 0 aliphatic rings. The Morgan fingerprint density at radius 3 is 2.83 bits per heavy atom. The van der Waals surface area contributed by atoms with E-state index in [1.165, 1.54) is 17.7 Å². The molecule has 0 atom stereocenters. The quantitative estimate of drug-likeness (QED) is 0.573. The van der Waals surface area contributed by atoms with E-state index in [1.807, 2.05) is 48.5 Å². The Morgan fingerprint density at radius 2 is 1.91 bits per heavy atom. The van der Waals surface area contributed by atoms with Gasteiger partial charge in [-0.3, -0.25) is 0 Å². The maximum Gasteiger partial charge on any atom is 0.155 e. The molecule has 0 saturated carbocycles. The second-order valence-corrected chi connectivity index (χ2v) is 5.96. The summed E-state index contributed by atoms with van der Waals surface area (Å²) in [5.41, 5.74) is 1.93. The van der Waals surface area contributed by atoms with Gasteiger partial charge in [-0.15, -0.1) is 10.2 Å². The Balaban J connectivity index is 1.49. The van der Waals surface area contributed by atoms with E-state index in [9.17, 15) is 0 Å². The average Bonchev–Trinajstić information content (AvgIpc) is 3.10. The van der Waals surface area contributed by atoms with E-state index in [0.29, 0.717) is 6.61 Å². The van der Waals surface area contributed by atoms with Crippen molar-refractivity contribution < 1.29 is 4.74 Å². The molecule has 0 fully saturated rings. The van der Waals surface area contributed by atoms with Crippen molar-refractivity contribution in [1.29, 1.82) is 0 Å². The first-order valence-corrected chi connectivity index (χ1v) is 7.90. The first kappa shape index (κ1) is 13.8. The van der Waals surface area contributed by atoms with Crippen LogP contribution in [-0.4, -0.2) is 20.2 Å². The average molecular weight is 320 g/mol. The van der Waals surface area contributed by atoms with Crippen LogP contribution in [0, 0.1) is 0 Å². The molecule has 5 nitrogen and oxygen atoms in total. The molecule has 23 heavy (non-hydrogen) atoms. The molecule has 2 aromatic carbocycles. The molecule has 6 heteroatoms. The van der Waals surface area contributed by atoms with Crippen LogP contribution >= 0.6 is 11.3 Å². The fraction of sp³-hybridized carbons (Fsp3) is 0.0588. The molecular formula is C17H12N4OS. The summed E-state index contributed by atoms with van der Waals surface area (Å²) in [7, 11) is 0. The standard InChI is InChI=1S/C17H12N4OS/c1-2-4-12(5-3-1)17-21-20-16(23-17)10-22-14-7-6-13-9-18-11-19-15(13)8-14/h1-9,11H,10H2. The molecule has 4 rings (SSSR count). The third-order valence-corrected chi connectivity index (χ3v) is 4.27. The predicted octanol–water partition coefficient (Wildman–Crippen LogP) is 3.73. The normalized spacial score (nSPS) is 10.8. The van der Waals surface area contributed by atoms with Gasteiger partial charge in [-0.1, -0.05) is 41.7 Å². The molecule has 0 saturated heterocycles. The van der Waals surface area contributed by atoms with E-state index in [1.54, 1.807) is 6.20 Å². The Hall–Kier alpha value is -2.86. The lowest BCUT2D eigenvalue weighted by molar-refractivity contribution is 0.305. The molecule has 0 radical (unpaired) electrons. The molecule has 4 aromatic rings. The van der Waals surface area contributed by atoms with Crippen molar-refractivity contribution in [3.63, 3.8) is 0 Å². The first-order valence-electron chi connectivity index (χ1n) is 7.09. The lowest BCUT2D eigenvalue weighted by Crippen LogP contribution is -1.95. The zero-order valence-corrected chi connectivity index (χ0v) is 12.9. The van der Waals surface area contributed by atoms with Crippen LogP contribution in [0.1, 0.15) is 5.01 Å². The van der Waals surface area contributed by atoms with Crippen molar-refractivity contribution in [2.45, 2.75) is 6.61 Å². The minimum Gasteiger partial charge on any atom is -0.486 e. The van der Waals surface area contributed by atoms with Gasteiger partial charge in [-0.05, 0) is 12.1 Å². The summed E-state index contributed by atoms with van der Waals surface area (Å²) in [6, 6.07) is 15.8. The Kier molecular flexibility index (Phi) is 3.65. The number of benzene rings is 2. The fourth-order valence-corrected chi connectivity index (χ4v) is 2.96. The second kappa shape index (κ2) is 6.10. The van der Waals surface area contributed by atoms with Crippen LogP contribution in [0.4, 0.5) is 0 Å². The van der Waals surface area contributed by atoms with Crippen LogP contribution < -0.4 is 4.74 Å². The first-order chi connectivity index (χ1) is 11.4. The van der Waals surface area contributed by atoms with Gasteiger partial charge in [-0.2, -0.15) is 0 Å². The van der Waals surface area contributed by atoms with Crippen molar-refractivity contribution >= 4 is 22.2 Å². The summed E-state index contributed by atoms with van der Waals surface area (Å²) in [5, 5.41) is 11.1. The van der Waals surface area contributed by atoms with E-state index in [-0.39, 0.29) is 0 Å². The molecule has 0 unspecified atom stereocenters. The molecular weight excluding hydrogens is 308 g/mol. The van der Waals surface area contributed by atoms with Gasteiger partial charge in [0, 0.05) is 23.2 Å². The van der Waals surface area contributed by atoms with Gasteiger partial charge >= 0.3 is 0 Å². The number of rotatable bonds is 4. The maximum atomic E-state index is 5.80. The number of fused-ring (bicyclic) bond motifs is 1. The topological polar surface area (TPSA) is 60.8 Å². The van der Waals surface area contributed by atoms with E-state index in [4.69, 9.17) is 4.74 Å². The summed E-state index contributed by atoms with van der Waals surface area (Å²) < 4.78 is 5.80. The minimum absolute atomic E-state index is 0.390. The van der Waals surface area contributed by atoms with E-state index < -0.39 is 0 Å². The molecule has 112 valence electrons. The smallest absolute Gasteiger partial charge is 0.155 e. The van der Waals surface area contributed by atoms with Crippen molar-refractivity contribution in [1.82, 2.24) is 20.2 Å². The highest BCUT2D eigenvalue weighted by atomic mass is 32.1. The number of hydrogen-bond donors (Lipinski definition) is 0. The van der Waals surface area contributed by atoms with Gasteiger partial charge in [0.1, 0.15) is 23.7 Å². The van der Waals surface area contributed by atoms with Gasteiger partial charge in [0.05, 0.1) is 5.52 Å². The monoisotopic (exact) mass is 320 g/mol. The zero-order chi connectivity index (χ0) is 15.5. The van der Waals surface area contributed by atoms with Crippen molar-refractivity contribution in [2.24, 2.45) is 0 Å². The molecule has 0 aliphatic carbocycles. The van der Waals surface area contributed by atoms with Crippen LogP contribution in [0.5, 0.6) is 5.75 Å². The second-order valence-electron chi connectivity index (χ2n) is 4.90. The zero-order valence-electron chi connectivity index (χ0n) is 12.1. The Labute approximate surface area is 136 Å². The lowest BCUT2D eigenvalue weighted by Gasteiger charge is -2.04. The van der Waals surface area contributed by atoms with Crippen LogP contribution in [-0.2, 0) is 6.61 Å². The van der Waals surface area contributed by atoms with E-state index in [2.05, 4.69) is 20.2 Å². The van der Waals surface area contributed by atoms with Crippen molar-refractivity contribution in [3.8, 4) is 16.3 Å². The summed E-state index contributed by atoms with van der Waals surface area (Å²) in [6.07, 6.45) is 3.31. The van der Waals surface area contributed by atoms with Crippen LogP contribution in [0.25, 0.3) is 21.5 Å². The molecule has 0 bridgehead atoms. The lowest BCUT2D eigenvalue weighted by atomic mass is 10.2. The minimum atomic E-state index is 0.390. The number of ether oxygens (including phenoxy) is 1. The fourth-order valence-electron chi connectivity index (χ4n) is 2.20. The molecule has 0 aliphatic heterocycles. The molecule has 2 heterocycles. The van der Waals surface area contributed by atoms with Crippen LogP contribution in [0.2, 0.25) is 0 Å². The van der Waals surface area contributed by atoms with Gasteiger partial charge < -0.3 is 4.74 Å². The van der Waals surface area contributed by atoms with Gasteiger partial charge in [0.15, 0.2) is 5.01 Å². The summed E-state index contributed by atoms with van der Waals surface area (Å²) >= 11 is 1.54. The van der Waals surface area contributed by atoms with Gasteiger partial charge in [-0.25, -0.2) is 9.97 Å². The highest BCUT2D eigenvalue weighted by Gasteiger charge is 2.07. The SMILES string of the molecule is c1ccc(-c2nnc(COc3ccc4cncnc4c3)s2)cc1. The summed E-state index contributed by atoms with van der Waals surface area (Å²) in [6.45, 7) is 0.390. The number of aromatic nitrogens is 4. The highest BCUT2D eigenvalue weighted by Crippen LogP contribution is 2.24. The predicted molar refractivity (Wildman–Crippen MR) is 89.2 cm³/mol. The third-order valence-electron chi connectivity index (χ3n) is 3.33. The Bertz CT molecular complexity index is 939. The largest absolute Gasteiger partial charge is 0.486 e. The highest BCUT2D eigenvalue weighted by molar-refractivity contribution is 7.14. The van der Waals surface area contributed by atoms with Gasteiger partial charge in [0.25, 0.3) is 0 Å². The molecule has 0 spiro atoms. The Morgan fingerprint density at radius 1 is 1.00 bits per heavy atom. The van der Waals surface area contributed by atoms with Crippen LogP contribution in [0.15, 0.2) is 61.1 Å². The third kappa shape index (κ3) is 3.02. The molecule has 0 N–H and O–H groups in total. The van der Waals surface area contributed by atoms with Gasteiger partial charge in [0.2, 0.25) is 0 Å². The van der Waals surface area contributed by atoms with Crippen LogP contribution in [0.3, 0.4) is 0 Å². The summed E-state index contributed by atoms with van der Waals surface area (Å²) in [4.78, 5) is 8.22. The van der Waals surface area contributed by atoms with Crippen molar-refractivity contribution in [2.75, 3.05) is 0 Å². The maximum absolute atomic E-state index is 5.80. The number of nitrogens with zero attached hydrogens (tertiary/aromatic N) is 4. The number of hydrogen-bond acceptors (Lipinski definition) is 6. The van der Waals surface area contributed by atoms with E-state index >= 15 is 0 Å². The van der Waals surface area contributed by atoms with Crippen molar-refractivity contribution in [3.05, 3.63) is 66.1 Å². The molecule has 0 amide bonds. The molecule has 2 aromatic heterocycles.